The number of phenols is 2. The number of carboxylic acid groups (broad SMARTS) is 3. The molecule has 10 N–H and O–H groups in total. The summed E-state index contributed by atoms with van der Waals surface area (Å²) in [5.74, 6) is -11.1. The second-order valence-corrected chi connectivity index (χ2v) is 16.8. The fourth-order valence-corrected chi connectivity index (χ4v) is 9.49. The molecule has 1 heterocycles. The maximum Gasteiger partial charge on any atom is 0.321 e. The number of nitrogens with one attached hydrogen (secondary N) is 1. The molecule has 2 aromatic carbocycles. The first-order valence-corrected chi connectivity index (χ1v) is 19.7. The summed E-state index contributed by atoms with van der Waals surface area (Å²) in [5.41, 5.74) is 1.17. The molecule has 0 saturated carbocycles. The number of ketones is 3. The average molecular weight is 822 g/mol. The molecule has 57 heavy (non-hydrogen) atoms. The number of carboxylic acids is 3. The molecule has 0 spiro atoms. The van der Waals surface area contributed by atoms with Crippen LogP contribution in [0, 0.1) is 5.92 Å². The molecule has 2 aromatic rings. The first-order valence-electron chi connectivity index (χ1n) is 17.7. The Bertz CT molecular complexity index is 2040. The summed E-state index contributed by atoms with van der Waals surface area (Å²) in [4.78, 5) is 89.2. The highest BCUT2D eigenvalue weighted by atomic mass is 31.2. The molecule has 21 heteroatoms. The Morgan fingerprint density at radius 3 is 2.32 bits per heavy atom. The largest absolute Gasteiger partial charge is 0.799 e. The monoisotopic (exact) mass is 821 g/mol. The highest BCUT2D eigenvalue weighted by Crippen LogP contribution is 2.52. The van der Waals surface area contributed by atoms with Crippen LogP contribution in [0.1, 0.15) is 81.7 Å². The molecule has 310 valence electrons. The zero-order valence-corrected chi connectivity index (χ0v) is 31.5. The van der Waals surface area contributed by atoms with E-state index in [4.69, 9.17) is 25.1 Å². The zero-order valence-electron chi connectivity index (χ0n) is 30.6. The quantitative estimate of drug-likeness (QED) is 0.0634. The maximum absolute atomic E-state index is 13.9. The van der Waals surface area contributed by atoms with Crippen LogP contribution in [0.15, 0.2) is 18.2 Å². The Labute approximate surface area is 323 Å². The lowest BCUT2D eigenvalue weighted by Gasteiger charge is -2.42. The van der Waals surface area contributed by atoms with Gasteiger partial charge in [-0.05, 0) is 19.4 Å². The van der Waals surface area contributed by atoms with E-state index >= 15 is 0 Å². The van der Waals surface area contributed by atoms with Crippen LogP contribution >= 0.6 is 7.37 Å². The number of phenolic OH excluding ortho intramolecular Hbond substituents is 2. The summed E-state index contributed by atoms with van der Waals surface area (Å²) < 4.78 is 30.1. The number of rotatable bonds is 16. The third-order valence-corrected chi connectivity index (χ3v) is 12.4. The molecule has 3 aliphatic rings. The number of aromatic hydroxyl groups is 2. The predicted molar refractivity (Wildman–Crippen MR) is 189 cm³/mol. The van der Waals surface area contributed by atoms with Crippen molar-refractivity contribution in [3.8, 4) is 17.2 Å². The van der Waals surface area contributed by atoms with Gasteiger partial charge in [-0.3, -0.25) is 34.1 Å². The number of carbonyl (C=O) groups is 6. The molecule has 0 amide bonds. The number of benzene rings is 2. The Morgan fingerprint density at radius 2 is 1.72 bits per heavy atom. The summed E-state index contributed by atoms with van der Waals surface area (Å²) in [6.45, 7) is 0.472. The van der Waals surface area contributed by atoms with Crippen LogP contribution in [0.5, 0.6) is 17.2 Å². The molecular formula is C36H42N2O18P-. The van der Waals surface area contributed by atoms with Crippen LogP contribution in [0.25, 0.3) is 0 Å². The molecular weight excluding hydrogens is 779 g/mol. The van der Waals surface area contributed by atoms with Crippen LogP contribution < -0.4 is 20.7 Å². The van der Waals surface area contributed by atoms with E-state index in [0.29, 0.717) is 0 Å². The van der Waals surface area contributed by atoms with Gasteiger partial charge in [0.05, 0.1) is 54.6 Å². The van der Waals surface area contributed by atoms with Crippen molar-refractivity contribution in [2.45, 2.75) is 81.3 Å². The summed E-state index contributed by atoms with van der Waals surface area (Å²) >= 11 is 0. The van der Waals surface area contributed by atoms with Crippen molar-refractivity contribution in [2.24, 2.45) is 11.7 Å². The normalized spacial score (nSPS) is 26.2. The lowest BCUT2D eigenvalue weighted by molar-refractivity contribution is -0.247. The van der Waals surface area contributed by atoms with Crippen molar-refractivity contribution in [1.82, 2.24) is 5.32 Å². The van der Waals surface area contributed by atoms with Gasteiger partial charge in [-0.2, -0.15) is 0 Å². The van der Waals surface area contributed by atoms with Gasteiger partial charge < -0.3 is 65.1 Å². The molecule has 1 saturated heterocycles. The molecule has 1 fully saturated rings. The van der Waals surface area contributed by atoms with E-state index in [0.717, 1.165) is 0 Å². The number of methoxy groups -OCH3 is 1. The van der Waals surface area contributed by atoms with E-state index in [1.54, 1.807) is 0 Å². The topological polar surface area (TPSA) is 350 Å². The van der Waals surface area contributed by atoms with Crippen LogP contribution in [-0.4, -0.2) is 133 Å². The average Bonchev–Trinajstić information content (AvgIpc) is 3.13. The van der Waals surface area contributed by atoms with Crippen molar-refractivity contribution in [3.63, 3.8) is 0 Å². The zero-order chi connectivity index (χ0) is 42.3. The Morgan fingerprint density at radius 1 is 1.05 bits per heavy atom. The van der Waals surface area contributed by atoms with Gasteiger partial charge in [-0.1, -0.05) is 12.1 Å². The van der Waals surface area contributed by atoms with Crippen molar-refractivity contribution >= 4 is 42.6 Å². The van der Waals surface area contributed by atoms with Crippen molar-refractivity contribution < 1.29 is 88.2 Å². The van der Waals surface area contributed by atoms with E-state index in [1.807, 2.05) is 0 Å². The highest BCUT2D eigenvalue weighted by molar-refractivity contribution is 7.56. The number of nitrogens with two attached hydrogens (primary N) is 1. The Kier molecular flexibility index (Phi) is 12.6. The minimum Gasteiger partial charge on any atom is -0.799 e. The maximum atomic E-state index is 13.9. The van der Waals surface area contributed by atoms with Crippen molar-refractivity contribution in [3.05, 3.63) is 51.6 Å². The van der Waals surface area contributed by atoms with E-state index in [1.165, 1.54) is 32.2 Å². The lowest BCUT2D eigenvalue weighted by atomic mass is 9.71. The van der Waals surface area contributed by atoms with E-state index in [-0.39, 0.29) is 34.4 Å². The molecule has 0 bridgehead atoms. The molecule has 5 unspecified atom stereocenters. The van der Waals surface area contributed by atoms with Crippen LogP contribution in [0.3, 0.4) is 0 Å². The minimum absolute atomic E-state index is 0.00147. The Balaban J connectivity index is 1.49. The number of carbonyl (C=O) groups excluding carboxylic acids is 3. The van der Waals surface area contributed by atoms with E-state index in [9.17, 15) is 68.9 Å². The number of aliphatic hydroxyl groups is 2. The van der Waals surface area contributed by atoms with Gasteiger partial charge >= 0.3 is 17.9 Å². The first-order chi connectivity index (χ1) is 26.6. The van der Waals surface area contributed by atoms with Gasteiger partial charge in [-0.25, -0.2) is 0 Å². The lowest BCUT2D eigenvalue weighted by Crippen LogP contribution is -2.54. The Hall–Kier alpha value is -4.79. The molecule has 2 aliphatic carbocycles. The minimum atomic E-state index is -4.86. The first kappa shape index (κ1) is 43.3. The summed E-state index contributed by atoms with van der Waals surface area (Å²) in [6, 6.07) is 1.23. The molecule has 5 rings (SSSR count). The highest BCUT2D eigenvalue weighted by Gasteiger charge is 2.50. The number of hydrogen-bond acceptors (Lipinski definition) is 17. The van der Waals surface area contributed by atoms with Gasteiger partial charge in [0.2, 0.25) is 5.78 Å². The van der Waals surface area contributed by atoms with Gasteiger partial charge in [-0.15, -0.1) is 0 Å². The SMILES string of the molecule is COc1cccc2c1C(=O)c1c(O)c3c(c(O)c1C2=O)C[C@](O)(C(=O)CNC(CP(=O)([O-])CC(CCC(=O)O)C(=O)O)C(=O)O)C[C@H]3O[C@H]1CC(N)C(O)[C@@H](C)O1. The van der Waals surface area contributed by atoms with E-state index in [2.05, 4.69) is 5.32 Å². The third kappa shape index (κ3) is 8.73. The molecule has 20 nitrogen and oxygen atoms in total. The van der Waals surface area contributed by atoms with Gasteiger partial charge in [0.25, 0.3) is 0 Å². The molecule has 9 atom stereocenters. The van der Waals surface area contributed by atoms with Crippen LogP contribution in [0.4, 0.5) is 0 Å². The predicted octanol–water partition coefficient (Wildman–Crippen LogP) is -0.744. The number of ether oxygens (including phenoxy) is 3. The number of Topliss-reactive ketones (excluding diaryl/α,β-unsaturated/α-hetero) is 1. The number of aliphatic carboxylic acids is 3. The van der Waals surface area contributed by atoms with Gasteiger partial charge in [0, 0.05) is 68.1 Å². The number of fused-ring (bicyclic) bond motifs is 3. The fourth-order valence-electron chi connectivity index (χ4n) is 7.49. The number of hydrogen-bond donors (Lipinski definition) is 9. The van der Waals surface area contributed by atoms with Crippen LogP contribution in [-0.2, 0) is 39.6 Å². The molecule has 1 aliphatic heterocycles. The van der Waals surface area contributed by atoms with E-state index < -0.39 is 158 Å². The standard InChI is InChI=1S/C36H43N2O18P/c1-14-29(42)18(37)8-24(55-14)56-21-10-36(51,22(39)11-38-19(35(49)50)13-57(52,53)12-15(34(47)48)6-7-23(40)41)9-17-26(21)33(46)28-27(31(17)44)30(43)16-4-3-5-20(54-2)25(16)32(28)45/h3-5,14-15,18-19,21,24,29,38,42,44,46,51H,6-13,37H2,1-2H3,(H,40,41)(H,47,48)(H,49,50)(H,52,53)/p-1/t14-,15?,18?,19?,21-,24+,29?,36-/m1/s1. The second-order valence-electron chi connectivity index (χ2n) is 14.4. The fraction of sp³-hybridized carbons (Fsp3) is 0.500. The summed E-state index contributed by atoms with van der Waals surface area (Å²) in [7, 11) is -3.61. The molecule has 0 radical (unpaired) electrons. The van der Waals surface area contributed by atoms with Gasteiger partial charge in [0.1, 0.15) is 28.9 Å². The summed E-state index contributed by atoms with van der Waals surface area (Å²) in [5, 5.41) is 76.1. The van der Waals surface area contributed by atoms with Crippen molar-refractivity contribution in [2.75, 3.05) is 26.0 Å². The summed E-state index contributed by atoms with van der Waals surface area (Å²) in [6.07, 6.45) is -10.0. The third-order valence-electron chi connectivity index (χ3n) is 10.5. The second kappa shape index (κ2) is 16.6. The van der Waals surface area contributed by atoms with Gasteiger partial charge in [0.15, 0.2) is 17.9 Å². The smallest absolute Gasteiger partial charge is 0.321 e. The van der Waals surface area contributed by atoms with Crippen molar-refractivity contribution in [1.29, 1.82) is 0 Å². The molecule has 0 aromatic heterocycles. The number of aliphatic hydroxyl groups excluding tert-OH is 1. The van der Waals surface area contributed by atoms with Crippen LogP contribution in [0.2, 0.25) is 0 Å².